The van der Waals surface area contributed by atoms with Gasteiger partial charge in [0.1, 0.15) is 12.4 Å². The number of hydrogen-bond acceptors (Lipinski definition) is 4. The lowest BCUT2D eigenvalue weighted by Crippen LogP contribution is -2.39. The van der Waals surface area contributed by atoms with Gasteiger partial charge in [-0.25, -0.2) is 18.2 Å². The Morgan fingerprint density at radius 1 is 1.07 bits per heavy atom. The molecule has 0 aromatic heterocycles. The topological polar surface area (TPSA) is 78.8 Å². The number of rotatable bonds is 6. The highest BCUT2D eigenvalue weighted by molar-refractivity contribution is 7.92. The molecule has 148 valence electrons. The van der Waals surface area contributed by atoms with E-state index >= 15 is 0 Å². The standard InChI is InChI=1S/C20H22FN3O3S/c1-15-6-12-19(13-7-15)28(26,27)24(18-10-8-16(21)9-11-18)14-20(25)23-22-17-4-2-3-5-17/h6-13H,2-5,14H2,1H3,(H,23,25). The molecule has 1 saturated carbocycles. The van der Waals surface area contributed by atoms with Crippen LogP contribution in [0.2, 0.25) is 0 Å². The van der Waals surface area contributed by atoms with Crippen LogP contribution >= 0.6 is 0 Å². The Kier molecular flexibility index (Phi) is 6.08. The van der Waals surface area contributed by atoms with Gasteiger partial charge in [-0.1, -0.05) is 17.7 Å². The van der Waals surface area contributed by atoms with E-state index in [2.05, 4.69) is 10.5 Å². The lowest BCUT2D eigenvalue weighted by Gasteiger charge is -2.23. The second-order valence-corrected chi connectivity index (χ2v) is 8.58. The van der Waals surface area contributed by atoms with E-state index in [1.54, 1.807) is 12.1 Å². The molecule has 1 aliphatic carbocycles. The number of carbonyl (C=O) groups excluding carboxylic acids is 1. The highest BCUT2D eigenvalue weighted by Gasteiger charge is 2.27. The van der Waals surface area contributed by atoms with Crippen LogP contribution in [0.15, 0.2) is 58.5 Å². The normalized spacial score (nSPS) is 14.0. The number of hydrogen-bond donors (Lipinski definition) is 1. The summed E-state index contributed by atoms with van der Waals surface area (Å²) in [6.07, 6.45) is 3.75. The molecule has 1 fully saturated rings. The fourth-order valence-electron chi connectivity index (χ4n) is 2.96. The minimum Gasteiger partial charge on any atom is -0.271 e. The van der Waals surface area contributed by atoms with Crippen molar-refractivity contribution < 1.29 is 17.6 Å². The van der Waals surface area contributed by atoms with E-state index in [-0.39, 0.29) is 10.6 Å². The summed E-state index contributed by atoms with van der Waals surface area (Å²) in [5.74, 6) is -1.05. The Balaban J connectivity index is 1.88. The van der Waals surface area contributed by atoms with Crippen molar-refractivity contribution in [1.29, 1.82) is 0 Å². The molecule has 0 atom stereocenters. The van der Waals surface area contributed by atoms with Crippen LogP contribution in [0.25, 0.3) is 0 Å². The third kappa shape index (κ3) is 4.75. The van der Waals surface area contributed by atoms with Crippen molar-refractivity contribution in [2.75, 3.05) is 10.8 Å². The molecule has 0 unspecified atom stereocenters. The van der Waals surface area contributed by atoms with Gasteiger partial charge in [-0.05, 0) is 69.0 Å². The maximum atomic E-state index is 13.3. The first-order chi connectivity index (χ1) is 13.4. The SMILES string of the molecule is Cc1ccc(S(=O)(=O)N(CC(=O)NN=C2CCCC2)c2ccc(F)cc2)cc1. The van der Waals surface area contributed by atoms with E-state index in [1.165, 1.54) is 24.3 Å². The van der Waals surface area contributed by atoms with Crippen molar-refractivity contribution in [3.05, 3.63) is 59.9 Å². The molecular formula is C20H22FN3O3S. The largest absolute Gasteiger partial charge is 0.271 e. The summed E-state index contributed by atoms with van der Waals surface area (Å²) in [5.41, 5.74) is 4.46. The van der Waals surface area contributed by atoms with Crippen molar-refractivity contribution in [3.63, 3.8) is 0 Å². The zero-order valence-electron chi connectivity index (χ0n) is 15.6. The molecule has 0 saturated heterocycles. The Bertz CT molecular complexity index is 963. The van der Waals surface area contributed by atoms with Crippen LogP contribution in [0, 0.1) is 12.7 Å². The number of nitrogens with one attached hydrogen (secondary N) is 1. The van der Waals surface area contributed by atoms with E-state index in [4.69, 9.17) is 0 Å². The van der Waals surface area contributed by atoms with Crippen LogP contribution in [0.4, 0.5) is 10.1 Å². The summed E-state index contributed by atoms with van der Waals surface area (Å²) in [6.45, 7) is 1.39. The van der Waals surface area contributed by atoms with Crippen LogP contribution in [0.3, 0.4) is 0 Å². The lowest BCUT2D eigenvalue weighted by atomic mass is 10.2. The summed E-state index contributed by atoms with van der Waals surface area (Å²) in [5, 5.41) is 4.09. The molecule has 1 aliphatic rings. The average Bonchev–Trinajstić information content (AvgIpc) is 3.19. The van der Waals surface area contributed by atoms with Crippen LogP contribution in [-0.4, -0.2) is 26.6 Å². The zero-order valence-corrected chi connectivity index (χ0v) is 16.4. The number of benzene rings is 2. The number of carbonyl (C=O) groups is 1. The second kappa shape index (κ2) is 8.52. The molecule has 6 nitrogen and oxygen atoms in total. The highest BCUT2D eigenvalue weighted by atomic mass is 32.2. The van der Waals surface area contributed by atoms with Crippen molar-refractivity contribution in [1.82, 2.24) is 5.43 Å². The van der Waals surface area contributed by atoms with Gasteiger partial charge in [-0.15, -0.1) is 0 Å². The summed E-state index contributed by atoms with van der Waals surface area (Å²) < 4.78 is 40.5. The van der Waals surface area contributed by atoms with E-state index in [0.717, 1.165) is 53.4 Å². The van der Waals surface area contributed by atoms with Crippen molar-refractivity contribution in [2.45, 2.75) is 37.5 Å². The van der Waals surface area contributed by atoms with Gasteiger partial charge in [-0.3, -0.25) is 9.10 Å². The van der Waals surface area contributed by atoms with Gasteiger partial charge >= 0.3 is 0 Å². The average molecular weight is 403 g/mol. The quantitative estimate of drug-likeness (QED) is 0.751. The van der Waals surface area contributed by atoms with Gasteiger partial charge in [-0.2, -0.15) is 5.10 Å². The molecule has 8 heteroatoms. The molecule has 0 bridgehead atoms. The maximum Gasteiger partial charge on any atom is 0.264 e. The smallest absolute Gasteiger partial charge is 0.264 e. The summed E-state index contributed by atoms with van der Waals surface area (Å²) in [6, 6.07) is 11.3. The number of hydrazone groups is 1. The second-order valence-electron chi connectivity index (χ2n) is 6.72. The molecule has 0 aliphatic heterocycles. The third-order valence-corrected chi connectivity index (χ3v) is 6.32. The van der Waals surface area contributed by atoms with Crippen LogP contribution in [0.5, 0.6) is 0 Å². The molecule has 1 amide bonds. The van der Waals surface area contributed by atoms with Crippen molar-refractivity contribution in [2.24, 2.45) is 5.10 Å². The fraction of sp³-hybridized carbons (Fsp3) is 0.300. The van der Waals surface area contributed by atoms with Crippen LogP contribution < -0.4 is 9.73 Å². The van der Waals surface area contributed by atoms with Crippen molar-refractivity contribution in [3.8, 4) is 0 Å². The Labute approximate surface area is 164 Å². The number of aryl methyl sites for hydroxylation is 1. The van der Waals surface area contributed by atoms with Gasteiger partial charge in [0.15, 0.2) is 0 Å². The Morgan fingerprint density at radius 3 is 2.29 bits per heavy atom. The summed E-state index contributed by atoms with van der Waals surface area (Å²) in [4.78, 5) is 12.4. The maximum absolute atomic E-state index is 13.3. The van der Waals surface area contributed by atoms with Gasteiger partial charge in [0.2, 0.25) is 0 Å². The first kappa shape index (κ1) is 20.0. The van der Waals surface area contributed by atoms with E-state index in [1.807, 2.05) is 6.92 Å². The third-order valence-electron chi connectivity index (χ3n) is 4.53. The molecule has 3 rings (SSSR count). The summed E-state index contributed by atoms with van der Waals surface area (Å²) >= 11 is 0. The lowest BCUT2D eigenvalue weighted by molar-refractivity contribution is -0.119. The van der Waals surface area contributed by atoms with E-state index in [0.29, 0.717) is 0 Å². The Hall–Kier alpha value is -2.74. The summed E-state index contributed by atoms with van der Waals surface area (Å²) in [7, 11) is -4.01. The minimum absolute atomic E-state index is 0.0531. The van der Waals surface area contributed by atoms with Gasteiger partial charge in [0, 0.05) is 5.71 Å². The Morgan fingerprint density at radius 2 is 1.68 bits per heavy atom. The number of nitrogens with zero attached hydrogens (tertiary/aromatic N) is 2. The molecule has 0 heterocycles. The molecule has 0 spiro atoms. The number of amides is 1. The molecule has 28 heavy (non-hydrogen) atoms. The molecule has 1 N–H and O–H groups in total. The molecule has 0 radical (unpaired) electrons. The van der Waals surface area contributed by atoms with E-state index < -0.39 is 28.3 Å². The predicted molar refractivity (Wildman–Crippen MR) is 106 cm³/mol. The molecule has 2 aromatic carbocycles. The highest BCUT2D eigenvalue weighted by Crippen LogP contribution is 2.24. The predicted octanol–water partition coefficient (Wildman–Crippen LogP) is 3.38. The van der Waals surface area contributed by atoms with E-state index in [9.17, 15) is 17.6 Å². The van der Waals surface area contributed by atoms with Crippen LogP contribution in [-0.2, 0) is 14.8 Å². The monoisotopic (exact) mass is 403 g/mol. The zero-order chi connectivity index (χ0) is 20.1. The molecular weight excluding hydrogens is 381 g/mol. The first-order valence-electron chi connectivity index (χ1n) is 9.05. The van der Waals surface area contributed by atoms with Gasteiger partial charge in [0.05, 0.1) is 10.6 Å². The molecule has 2 aromatic rings. The number of sulfonamides is 1. The van der Waals surface area contributed by atoms with Crippen LogP contribution in [0.1, 0.15) is 31.2 Å². The number of anilines is 1. The van der Waals surface area contributed by atoms with Gasteiger partial charge in [0.25, 0.3) is 15.9 Å². The first-order valence-corrected chi connectivity index (χ1v) is 10.5. The van der Waals surface area contributed by atoms with Crippen molar-refractivity contribution >= 4 is 27.3 Å². The van der Waals surface area contributed by atoms with Gasteiger partial charge < -0.3 is 0 Å². The number of halogens is 1. The minimum atomic E-state index is -4.01. The fourth-order valence-corrected chi connectivity index (χ4v) is 4.38.